The normalized spacial score (nSPS) is 10.8. The Hall–Kier alpha value is -0.310. The van der Waals surface area contributed by atoms with E-state index in [0.29, 0.717) is 5.11 Å². The van der Waals surface area contributed by atoms with Gasteiger partial charge in [0.25, 0.3) is 0 Å². The van der Waals surface area contributed by atoms with E-state index in [9.17, 15) is 0 Å². The maximum atomic E-state index is 5.83. The van der Waals surface area contributed by atoms with Crippen molar-refractivity contribution in [3.05, 3.63) is 0 Å². The zero-order chi connectivity index (χ0) is 16.5. The highest BCUT2D eigenvalue weighted by atomic mass is 32.1. The minimum atomic E-state index is 0.590. The number of thiocarbonyl (C=S) groups is 1. The van der Waals surface area contributed by atoms with Crippen LogP contribution in [0.15, 0.2) is 0 Å². The first-order valence-electron chi connectivity index (χ1n) is 9.76. The van der Waals surface area contributed by atoms with Gasteiger partial charge in [0.2, 0.25) is 0 Å². The maximum Gasteiger partial charge on any atom is 0.166 e. The van der Waals surface area contributed by atoms with E-state index in [1.807, 2.05) is 0 Å². The Labute approximate surface area is 145 Å². The average molecular weight is 329 g/mol. The molecule has 0 aliphatic carbocycles. The van der Waals surface area contributed by atoms with Crippen LogP contribution in [-0.2, 0) is 0 Å². The van der Waals surface area contributed by atoms with E-state index in [-0.39, 0.29) is 0 Å². The van der Waals surface area contributed by atoms with Gasteiger partial charge in [-0.2, -0.15) is 0 Å². The number of nitrogens with two attached hydrogens (primary N) is 1. The van der Waals surface area contributed by atoms with Gasteiger partial charge in [0, 0.05) is 13.1 Å². The van der Waals surface area contributed by atoms with Gasteiger partial charge in [-0.1, -0.05) is 90.9 Å². The molecule has 132 valence electrons. The van der Waals surface area contributed by atoms with Crippen LogP contribution in [0.25, 0.3) is 0 Å². The molecule has 0 aliphatic heterocycles. The number of hydrogen-bond donors (Lipinski definition) is 1. The zero-order valence-corrected chi connectivity index (χ0v) is 16.1. The summed E-state index contributed by atoms with van der Waals surface area (Å²) < 4.78 is 0. The van der Waals surface area contributed by atoms with Crippen LogP contribution in [0.1, 0.15) is 104 Å². The summed E-state index contributed by atoms with van der Waals surface area (Å²) in [6.07, 6.45) is 18.9. The topological polar surface area (TPSA) is 29.3 Å². The highest BCUT2D eigenvalue weighted by Crippen LogP contribution is 2.11. The second-order valence-corrected chi connectivity index (χ2v) is 6.99. The van der Waals surface area contributed by atoms with Crippen molar-refractivity contribution < 1.29 is 0 Å². The lowest BCUT2D eigenvalue weighted by Crippen LogP contribution is -2.37. The first kappa shape index (κ1) is 21.7. The van der Waals surface area contributed by atoms with Crippen LogP contribution < -0.4 is 5.73 Å². The summed E-state index contributed by atoms with van der Waals surface area (Å²) in [5.41, 5.74) is 5.83. The summed E-state index contributed by atoms with van der Waals surface area (Å²) in [4.78, 5) is 2.20. The van der Waals surface area contributed by atoms with Gasteiger partial charge in [0.1, 0.15) is 0 Å². The van der Waals surface area contributed by atoms with Gasteiger partial charge in [0.15, 0.2) is 5.11 Å². The molecule has 0 amide bonds. The van der Waals surface area contributed by atoms with Crippen molar-refractivity contribution in [2.75, 3.05) is 13.1 Å². The predicted octanol–water partition coefficient (Wildman–Crippen LogP) is 6.03. The summed E-state index contributed by atoms with van der Waals surface area (Å²) in [5.74, 6) is 0. The van der Waals surface area contributed by atoms with Crippen molar-refractivity contribution in [1.82, 2.24) is 4.90 Å². The molecule has 0 spiro atoms. The van der Waals surface area contributed by atoms with E-state index in [1.54, 1.807) is 0 Å². The Bertz CT molecular complexity index is 244. The largest absolute Gasteiger partial charge is 0.376 e. The molecule has 0 aliphatic rings. The monoisotopic (exact) mass is 328 g/mol. The van der Waals surface area contributed by atoms with E-state index in [4.69, 9.17) is 18.0 Å². The highest BCUT2D eigenvalue weighted by Gasteiger charge is 2.05. The molecule has 0 saturated heterocycles. The van der Waals surface area contributed by atoms with E-state index in [1.165, 1.54) is 89.9 Å². The fourth-order valence-corrected chi connectivity index (χ4v) is 3.03. The minimum Gasteiger partial charge on any atom is -0.376 e. The van der Waals surface area contributed by atoms with E-state index in [2.05, 4.69) is 18.7 Å². The summed E-state index contributed by atoms with van der Waals surface area (Å²) in [7, 11) is 0. The second-order valence-electron chi connectivity index (χ2n) is 6.57. The average Bonchev–Trinajstić information content (AvgIpc) is 2.50. The third kappa shape index (κ3) is 14.6. The molecular weight excluding hydrogens is 288 g/mol. The standard InChI is InChI=1S/C19H40N2S/c1-3-5-7-9-10-11-12-13-14-16-18-21(19(20)22)17-15-8-6-4-2/h3-18H2,1-2H3,(H2,20,22). The van der Waals surface area contributed by atoms with E-state index < -0.39 is 0 Å². The Morgan fingerprint density at radius 2 is 0.955 bits per heavy atom. The van der Waals surface area contributed by atoms with Gasteiger partial charge in [-0.3, -0.25) is 0 Å². The van der Waals surface area contributed by atoms with Crippen LogP contribution in [0.3, 0.4) is 0 Å². The SMILES string of the molecule is CCCCCCCCCCCCN(CCCCCC)C(N)=S. The summed E-state index contributed by atoms with van der Waals surface area (Å²) in [5, 5.41) is 0.590. The summed E-state index contributed by atoms with van der Waals surface area (Å²) in [6, 6.07) is 0. The molecule has 3 heteroatoms. The van der Waals surface area contributed by atoms with Crippen molar-refractivity contribution in [3.8, 4) is 0 Å². The molecule has 2 N–H and O–H groups in total. The third-order valence-corrected chi connectivity index (χ3v) is 4.63. The molecule has 0 atom stereocenters. The molecule has 2 nitrogen and oxygen atoms in total. The summed E-state index contributed by atoms with van der Waals surface area (Å²) >= 11 is 5.17. The minimum absolute atomic E-state index is 0.590. The second kappa shape index (κ2) is 17.1. The molecule has 0 aromatic heterocycles. The summed E-state index contributed by atoms with van der Waals surface area (Å²) in [6.45, 7) is 6.62. The lowest BCUT2D eigenvalue weighted by atomic mass is 10.1. The van der Waals surface area contributed by atoms with Crippen molar-refractivity contribution in [2.24, 2.45) is 5.73 Å². The van der Waals surface area contributed by atoms with E-state index >= 15 is 0 Å². The highest BCUT2D eigenvalue weighted by molar-refractivity contribution is 7.80. The molecule has 22 heavy (non-hydrogen) atoms. The van der Waals surface area contributed by atoms with Crippen LogP contribution in [0.2, 0.25) is 0 Å². The van der Waals surface area contributed by atoms with Crippen LogP contribution in [0, 0.1) is 0 Å². The Morgan fingerprint density at radius 3 is 1.32 bits per heavy atom. The Kier molecular flexibility index (Phi) is 16.8. The fourth-order valence-electron chi connectivity index (χ4n) is 2.85. The smallest absolute Gasteiger partial charge is 0.166 e. The molecule has 0 aromatic rings. The van der Waals surface area contributed by atoms with Gasteiger partial charge in [0.05, 0.1) is 0 Å². The molecule has 0 saturated carbocycles. The Balaban J connectivity index is 3.42. The molecule has 0 radical (unpaired) electrons. The number of rotatable bonds is 16. The molecule has 0 unspecified atom stereocenters. The molecular formula is C19H40N2S. The van der Waals surface area contributed by atoms with Crippen LogP contribution in [0.4, 0.5) is 0 Å². The van der Waals surface area contributed by atoms with Crippen molar-refractivity contribution in [3.63, 3.8) is 0 Å². The molecule has 0 rings (SSSR count). The third-order valence-electron chi connectivity index (χ3n) is 4.37. The van der Waals surface area contributed by atoms with Crippen LogP contribution in [0.5, 0.6) is 0 Å². The van der Waals surface area contributed by atoms with Crippen LogP contribution in [-0.4, -0.2) is 23.1 Å². The molecule has 0 heterocycles. The van der Waals surface area contributed by atoms with E-state index in [0.717, 1.165) is 13.1 Å². The number of unbranched alkanes of at least 4 members (excludes halogenated alkanes) is 12. The fraction of sp³-hybridized carbons (Fsp3) is 0.947. The first-order valence-corrected chi connectivity index (χ1v) is 10.2. The zero-order valence-electron chi connectivity index (χ0n) is 15.2. The van der Waals surface area contributed by atoms with Crippen molar-refractivity contribution >= 4 is 17.3 Å². The molecule has 0 fully saturated rings. The van der Waals surface area contributed by atoms with Gasteiger partial charge in [-0.25, -0.2) is 0 Å². The predicted molar refractivity (Wildman–Crippen MR) is 104 cm³/mol. The van der Waals surface area contributed by atoms with Crippen molar-refractivity contribution in [1.29, 1.82) is 0 Å². The van der Waals surface area contributed by atoms with Crippen LogP contribution >= 0.6 is 12.2 Å². The first-order chi connectivity index (χ1) is 10.7. The Morgan fingerprint density at radius 1 is 0.636 bits per heavy atom. The van der Waals surface area contributed by atoms with Gasteiger partial charge >= 0.3 is 0 Å². The van der Waals surface area contributed by atoms with Gasteiger partial charge in [-0.05, 0) is 25.1 Å². The number of hydrogen-bond acceptors (Lipinski definition) is 1. The molecule has 0 bridgehead atoms. The quantitative estimate of drug-likeness (QED) is 0.277. The van der Waals surface area contributed by atoms with Crippen molar-refractivity contribution in [2.45, 2.75) is 104 Å². The lowest BCUT2D eigenvalue weighted by molar-refractivity contribution is 0.387. The maximum absolute atomic E-state index is 5.83. The van der Waals surface area contributed by atoms with Gasteiger partial charge < -0.3 is 10.6 Å². The van der Waals surface area contributed by atoms with Gasteiger partial charge in [-0.15, -0.1) is 0 Å². The number of nitrogens with zero attached hydrogens (tertiary/aromatic N) is 1. The lowest BCUT2D eigenvalue weighted by Gasteiger charge is -2.22. The molecule has 0 aromatic carbocycles.